The Hall–Kier alpha value is -2.35. The van der Waals surface area contributed by atoms with Gasteiger partial charge in [0.2, 0.25) is 0 Å². The Morgan fingerprint density at radius 2 is 1.35 bits per heavy atom. The fourth-order valence-electron chi connectivity index (χ4n) is 4.22. The summed E-state index contributed by atoms with van der Waals surface area (Å²) in [5.74, 6) is 0.927. The van der Waals surface area contributed by atoms with Gasteiger partial charge in [0, 0.05) is 32.0 Å². The molecule has 0 amide bonds. The van der Waals surface area contributed by atoms with E-state index in [0.717, 1.165) is 56.5 Å². The molecule has 0 N–H and O–H groups in total. The molecule has 1 aromatic heterocycles. The number of benzene rings is 1. The molecule has 0 radical (unpaired) electrons. The molecule has 0 atom stereocenters. The molecule has 1 aromatic carbocycles. The second-order valence-electron chi connectivity index (χ2n) is 8.33. The molecule has 2 fully saturated rings. The first-order chi connectivity index (χ1) is 15.0. The molecule has 2 aromatic rings. The third-order valence-electron chi connectivity index (χ3n) is 5.96. The molecule has 168 valence electrons. The van der Waals surface area contributed by atoms with Crippen LogP contribution in [-0.2, 0) is 12.7 Å². The minimum absolute atomic E-state index is 0.0225. The lowest BCUT2D eigenvalue weighted by molar-refractivity contribution is -0.137. The van der Waals surface area contributed by atoms with E-state index in [2.05, 4.69) is 14.9 Å². The molecule has 0 bridgehead atoms. The Bertz CT molecular complexity index is 831. The molecule has 1 aliphatic carbocycles. The standard InChI is InChI=1S/C23H28F3N3O2/c24-23(25,26)18-8-6-17(7-9-18)16-29-14-10-20(11-15-29)31-22-21(27-12-13-28-22)30-19-4-2-1-3-5-19/h6-9,12-13,19-20H,1-5,10-11,14-16H2. The molecule has 31 heavy (non-hydrogen) atoms. The van der Waals surface area contributed by atoms with Gasteiger partial charge in [0.1, 0.15) is 12.2 Å². The number of piperidine rings is 1. The van der Waals surface area contributed by atoms with E-state index in [1.54, 1.807) is 24.5 Å². The van der Waals surface area contributed by atoms with E-state index in [1.807, 2.05) is 0 Å². The van der Waals surface area contributed by atoms with Crippen LogP contribution in [0.4, 0.5) is 13.2 Å². The molecule has 2 aliphatic rings. The maximum absolute atomic E-state index is 12.7. The van der Waals surface area contributed by atoms with Crippen LogP contribution in [0.1, 0.15) is 56.1 Å². The third-order valence-corrected chi connectivity index (χ3v) is 5.96. The average Bonchev–Trinajstić information content (AvgIpc) is 2.77. The SMILES string of the molecule is FC(F)(F)c1ccc(CN2CCC(Oc3nccnc3OC3CCCCC3)CC2)cc1. The summed E-state index contributed by atoms with van der Waals surface area (Å²) in [6.07, 6.45) is 6.48. The van der Waals surface area contributed by atoms with Crippen LogP contribution in [0.5, 0.6) is 11.8 Å². The van der Waals surface area contributed by atoms with Gasteiger partial charge < -0.3 is 9.47 Å². The monoisotopic (exact) mass is 435 g/mol. The van der Waals surface area contributed by atoms with E-state index in [4.69, 9.17) is 9.47 Å². The van der Waals surface area contributed by atoms with E-state index >= 15 is 0 Å². The zero-order valence-corrected chi connectivity index (χ0v) is 17.5. The fraction of sp³-hybridized carbons (Fsp3) is 0.565. The van der Waals surface area contributed by atoms with Crippen molar-refractivity contribution in [1.29, 1.82) is 0 Å². The van der Waals surface area contributed by atoms with Crippen LogP contribution in [0.15, 0.2) is 36.7 Å². The minimum atomic E-state index is -4.30. The number of halogens is 3. The largest absolute Gasteiger partial charge is 0.471 e. The molecule has 1 aliphatic heterocycles. The summed E-state index contributed by atoms with van der Waals surface area (Å²) >= 11 is 0. The van der Waals surface area contributed by atoms with E-state index in [1.165, 1.54) is 19.3 Å². The predicted molar refractivity (Wildman–Crippen MR) is 110 cm³/mol. The van der Waals surface area contributed by atoms with Crippen molar-refractivity contribution in [3.05, 3.63) is 47.8 Å². The second kappa shape index (κ2) is 9.85. The average molecular weight is 435 g/mol. The van der Waals surface area contributed by atoms with Gasteiger partial charge in [-0.25, -0.2) is 9.97 Å². The molecule has 4 rings (SSSR count). The summed E-state index contributed by atoms with van der Waals surface area (Å²) in [7, 11) is 0. The Kier molecular flexibility index (Phi) is 6.95. The van der Waals surface area contributed by atoms with E-state index < -0.39 is 11.7 Å². The molecular weight excluding hydrogens is 407 g/mol. The van der Waals surface area contributed by atoms with Crippen molar-refractivity contribution < 1.29 is 22.6 Å². The summed E-state index contributed by atoms with van der Waals surface area (Å²) < 4.78 is 50.4. The lowest BCUT2D eigenvalue weighted by atomic mass is 9.98. The zero-order chi connectivity index (χ0) is 21.7. The molecular formula is C23H28F3N3O2. The van der Waals surface area contributed by atoms with Crippen molar-refractivity contribution in [1.82, 2.24) is 14.9 Å². The molecule has 0 unspecified atom stereocenters. The van der Waals surface area contributed by atoms with Crippen LogP contribution in [-0.4, -0.2) is 40.2 Å². The van der Waals surface area contributed by atoms with Crippen LogP contribution in [0.3, 0.4) is 0 Å². The fourth-order valence-corrected chi connectivity index (χ4v) is 4.22. The first-order valence-electron chi connectivity index (χ1n) is 11.0. The summed E-state index contributed by atoms with van der Waals surface area (Å²) in [6.45, 7) is 2.25. The topological polar surface area (TPSA) is 47.5 Å². The number of ether oxygens (including phenoxy) is 2. The van der Waals surface area contributed by atoms with Gasteiger partial charge in [0.25, 0.3) is 11.8 Å². The van der Waals surface area contributed by atoms with E-state index in [9.17, 15) is 13.2 Å². The van der Waals surface area contributed by atoms with E-state index in [0.29, 0.717) is 18.3 Å². The first kappa shape index (κ1) is 21.9. The number of likely N-dealkylation sites (tertiary alicyclic amines) is 1. The number of hydrogen-bond acceptors (Lipinski definition) is 5. The van der Waals surface area contributed by atoms with Gasteiger partial charge in [0.15, 0.2) is 0 Å². The molecule has 2 heterocycles. The van der Waals surface area contributed by atoms with Gasteiger partial charge >= 0.3 is 6.18 Å². The number of nitrogens with zero attached hydrogens (tertiary/aromatic N) is 3. The number of rotatable bonds is 6. The lowest BCUT2D eigenvalue weighted by Gasteiger charge is -2.32. The highest BCUT2D eigenvalue weighted by Crippen LogP contribution is 2.31. The Balaban J connectivity index is 1.28. The summed E-state index contributed by atoms with van der Waals surface area (Å²) in [5.41, 5.74) is 0.267. The Morgan fingerprint density at radius 3 is 1.90 bits per heavy atom. The quantitative estimate of drug-likeness (QED) is 0.620. The Morgan fingerprint density at radius 1 is 0.806 bits per heavy atom. The van der Waals surface area contributed by atoms with Gasteiger partial charge in [-0.15, -0.1) is 0 Å². The van der Waals surface area contributed by atoms with Crippen molar-refractivity contribution >= 4 is 0 Å². The second-order valence-corrected chi connectivity index (χ2v) is 8.33. The summed E-state index contributed by atoms with van der Waals surface area (Å²) in [6, 6.07) is 5.40. The van der Waals surface area contributed by atoms with Gasteiger partial charge in [-0.1, -0.05) is 18.6 Å². The van der Waals surface area contributed by atoms with Crippen molar-refractivity contribution in [2.45, 2.75) is 69.9 Å². The molecule has 5 nitrogen and oxygen atoms in total. The zero-order valence-electron chi connectivity index (χ0n) is 17.5. The van der Waals surface area contributed by atoms with Gasteiger partial charge in [0.05, 0.1) is 5.56 Å². The summed E-state index contributed by atoms with van der Waals surface area (Å²) in [4.78, 5) is 10.9. The smallest absolute Gasteiger partial charge is 0.416 e. The normalized spacial score (nSPS) is 19.3. The first-order valence-corrected chi connectivity index (χ1v) is 11.0. The molecule has 0 spiro atoms. The van der Waals surface area contributed by atoms with Crippen molar-refractivity contribution in [2.24, 2.45) is 0 Å². The highest BCUT2D eigenvalue weighted by atomic mass is 19.4. The third kappa shape index (κ3) is 6.09. The number of alkyl halides is 3. The predicted octanol–water partition coefficient (Wildman–Crippen LogP) is 5.25. The molecule has 1 saturated carbocycles. The van der Waals surface area contributed by atoms with Crippen LogP contribution in [0.2, 0.25) is 0 Å². The molecule has 1 saturated heterocycles. The Labute approximate surface area is 180 Å². The van der Waals surface area contributed by atoms with E-state index in [-0.39, 0.29) is 12.2 Å². The van der Waals surface area contributed by atoms with Crippen LogP contribution >= 0.6 is 0 Å². The maximum atomic E-state index is 12.7. The van der Waals surface area contributed by atoms with Crippen molar-refractivity contribution in [2.75, 3.05) is 13.1 Å². The maximum Gasteiger partial charge on any atom is 0.416 e. The lowest BCUT2D eigenvalue weighted by Crippen LogP contribution is -2.38. The van der Waals surface area contributed by atoms with Gasteiger partial charge in [-0.3, -0.25) is 4.90 Å². The number of hydrogen-bond donors (Lipinski definition) is 0. The van der Waals surface area contributed by atoms with Crippen molar-refractivity contribution in [3.8, 4) is 11.8 Å². The highest BCUT2D eigenvalue weighted by Gasteiger charge is 2.30. The van der Waals surface area contributed by atoms with Crippen LogP contribution in [0.25, 0.3) is 0 Å². The number of aromatic nitrogens is 2. The van der Waals surface area contributed by atoms with Crippen molar-refractivity contribution in [3.63, 3.8) is 0 Å². The van der Waals surface area contributed by atoms with Gasteiger partial charge in [-0.2, -0.15) is 13.2 Å². The summed E-state index contributed by atoms with van der Waals surface area (Å²) in [5, 5.41) is 0. The highest BCUT2D eigenvalue weighted by molar-refractivity contribution is 5.25. The minimum Gasteiger partial charge on any atom is -0.471 e. The van der Waals surface area contributed by atoms with Gasteiger partial charge in [-0.05, 0) is 56.2 Å². The van der Waals surface area contributed by atoms with Crippen LogP contribution in [0, 0.1) is 0 Å². The van der Waals surface area contributed by atoms with Crippen LogP contribution < -0.4 is 9.47 Å². The molecule has 8 heteroatoms.